The standard InChI is InChI=1S/C18H26N2O3/c1-13(2)9-11-19-16(21)10-12-20-14-7-5-6-8-15(14)23-18(3,4)17(20)22/h5-8,13H,9-12H2,1-4H3,(H,19,21). The number of carbonyl (C=O) groups is 2. The molecule has 23 heavy (non-hydrogen) atoms. The summed E-state index contributed by atoms with van der Waals surface area (Å²) in [6, 6.07) is 7.43. The number of ether oxygens (including phenoxy) is 1. The van der Waals surface area contributed by atoms with Gasteiger partial charge in [0.15, 0.2) is 5.60 Å². The van der Waals surface area contributed by atoms with Gasteiger partial charge in [-0.05, 0) is 38.3 Å². The average molecular weight is 318 g/mol. The largest absolute Gasteiger partial charge is 0.476 e. The van der Waals surface area contributed by atoms with E-state index in [1.807, 2.05) is 24.3 Å². The minimum atomic E-state index is -0.914. The van der Waals surface area contributed by atoms with Crippen LogP contribution in [0.1, 0.15) is 40.5 Å². The number of hydrogen-bond acceptors (Lipinski definition) is 3. The highest BCUT2D eigenvalue weighted by Crippen LogP contribution is 2.37. The molecule has 0 aliphatic carbocycles. The molecular formula is C18H26N2O3. The molecule has 1 aliphatic heterocycles. The second kappa shape index (κ2) is 7.02. The molecule has 1 N–H and O–H groups in total. The fourth-order valence-electron chi connectivity index (χ4n) is 2.54. The second-order valence-corrected chi connectivity index (χ2v) is 6.82. The third-order valence-corrected chi connectivity index (χ3v) is 3.89. The number of carbonyl (C=O) groups excluding carboxylic acids is 2. The topological polar surface area (TPSA) is 58.6 Å². The Morgan fingerprint density at radius 2 is 2.00 bits per heavy atom. The van der Waals surface area contributed by atoms with Gasteiger partial charge in [-0.3, -0.25) is 9.59 Å². The Labute approximate surface area is 138 Å². The first-order chi connectivity index (χ1) is 10.8. The number of benzene rings is 1. The molecule has 0 saturated heterocycles. The van der Waals surface area contributed by atoms with Crippen LogP contribution in [0.25, 0.3) is 0 Å². The summed E-state index contributed by atoms with van der Waals surface area (Å²) in [6.45, 7) is 8.78. The Balaban J connectivity index is 2.01. The third kappa shape index (κ3) is 4.24. The predicted octanol–water partition coefficient (Wildman–Crippen LogP) is 2.74. The van der Waals surface area contributed by atoms with Crippen molar-refractivity contribution in [3.05, 3.63) is 24.3 Å². The molecule has 0 unspecified atom stereocenters. The first-order valence-corrected chi connectivity index (χ1v) is 8.18. The van der Waals surface area contributed by atoms with E-state index in [0.29, 0.717) is 24.8 Å². The lowest BCUT2D eigenvalue weighted by Gasteiger charge is -2.38. The van der Waals surface area contributed by atoms with Gasteiger partial charge in [-0.1, -0.05) is 26.0 Å². The Morgan fingerprint density at radius 1 is 1.30 bits per heavy atom. The number of rotatable bonds is 6. The van der Waals surface area contributed by atoms with E-state index in [2.05, 4.69) is 19.2 Å². The van der Waals surface area contributed by atoms with E-state index in [0.717, 1.165) is 12.1 Å². The van der Waals surface area contributed by atoms with E-state index in [1.165, 1.54) is 0 Å². The van der Waals surface area contributed by atoms with E-state index < -0.39 is 5.60 Å². The Morgan fingerprint density at radius 3 is 2.70 bits per heavy atom. The van der Waals surface area contributed by atoms with Crippen molar-refractivity contribution in [3.63, 3.8) is 0 Å². The quantitative estimate of drug-likeness (QED) is 0.877. The number of amides is 2. The van der Waals surface area contributed by atoms with Gasteiger partial charge >= 0.3 is 0 Å². The van der Waals surface area contributed by atoms with Gasteiger partial charge < -0.3 is 15.0 Å². The summed E-state index contributed by atoms with van der Waals surface area (Å²) in [6.07, 6.45) is 1.24. The molecule has 1 aliphatic rings. The fourth-order valence-corrected chi connectivity index (χ4v) is 2.54. The van der Waals surface area contributed by atoms with Gasteiger partial charge in [0.1, 0.15) is 5.75 Å². The molecule has 0 atom stereocenters. The van der Waals surface area contributed by atoms with E-state index in [1.54, 1.807) is 18.7 Å². The van der Waals surface area contributed by atoms with E-state index in [4.69, 9.17) is 4.74 Å². The van der Waals surface area contributed by atoms with E-state index in [9.17, 15) is 9.59 Å². The van der Waals surface area contributed by atoms with Gasteiger partial charge in [-0.2, -0.15) is 0 Å². The summed E-state index contributed by atoms with van der Waals surface area (Å²) >= 11 is 0. The summed E-state index contributed by atoms with van der Waals surface area (Å²) < 4.78 is 5.77. The van der Waals surface area contributed by atoms with Crippen LogP contribution in [0.5, 0.6) is 5.75 Å². The lowest BCUT2D eigenvalue weighted by molar-refractivity contribution is -0.132. The Bertz CT molecular complexity index is 581. The number of anilines is 1. The van der Waals surface area contributed by atoms with Crippen LogP contribution in [0.3, 0.4) is 0 Å². The number of nitrogens with one attached hydrogen (secondary N) is 1. The first-order valence-electron chi connectivity index (χ1n) is 8.18. The van der Waals surface area contributed by atoms with Crippen molar-refractivity contribution < 1.29 is 14.3 Å². The number of fused-ring (bicyclic) bond motifs is 1. The molecular weight excluding hydrogens is 292 g/mol. The van der Waals surface area contributed by atoms with Gasteiger partial charge in [0.25, 0.3) is 5.91 Å². The highest BCUT2D eigenvalue weighted by molar-refractivity contribution is 6.02. The maximum atomic E-state index is 12.6. The Hall–Kier alpha value is -2.04. The summed E-state index contributed by atoms with van der Waals surface area (Å²) in [5.74, 6) is 1.09. The summed E-state index contributed by atoms with van der Waals surface area (Å²) in [4.78, 5) is 26.2. The highest BCUT2D eigenvalue weighted by atomic mass is 16.5. The maximum Gasteiger partial charge on any atom is 0.270 e. The zero-order valence-electron chi connectivity index (χ0n) is 14.4. The molecule has 126 valence electrons. The van der Waals surface area contributed by atoms with Gasteiger partial charge in [-0.25, -0.2) is 0 Å². The van der Waals surface area contributed by atoms with E-state index >= 15 is 0 Å². The smallest absolute Gasteiger partial charge is 0.270 e. The van der Waals surface area contributed by atoms with Gasteiger partial charge in [0.05, 0.1) is 5.69 Å². The summed E-state index contributed by atoms with van der Waals surface area (Å²) in [5, 5.41) is 2.90. The average Bonchev–Trinajstić information content (AvgIpc) is 2.47. The van der Waals surface area contributed by atoms with Gasteiger partial charge in [-0.15, -0.1) is 0 Å². The molecule has 0 bridgehead atoms. The third-order valence-electron chi connectivity index (χ3n) is 3.89. The van der Waals surface area contributed by atoms with Crippen LogP contribution in [-0.2, 0) is 9.59 Å². The van der Waals surface area contributed by atoms with Crippen LogP contribution < -0.4 is 15.0 Å². The normalized spacial score (nSPS) is 16.0. The van der Waals surface area contributed by atoms with Crippen molar-refractivity contribution in [2.45, 2.75) is 46.1 Å². The lowest BCUT2D eigenvalue weighted by atomic mass is 10.0. The molecule has 5 heteroatoms. The van der Waals surface area contributed by atoms with Crippen molar-refractivity contribution >= 4 is 17.5 Å². The maximum absolute atomic E-state index is 12.6. The minimum absolute atomic E-state index is 0.0276. The molecule has 0 radical (unpaired) electrons. The molecule has 5 nitrogen and oxygen atoms in total. The fraction of sp³-hybridized carbons (Fsp3) is 0.556. The first kappa shape index (κ1) is 17.3. The summed E-state index contributed by atoms with van der Waals surface area (Å²) in [5.41, 5.74) is -0.186. The zero-order chi connectivity index (χ0) is 17.0. The molecule has 0 saturated carbocycles. The molecule has 1 aromatic rings. The number of hydrogen-bond donors (Lipinski definition) is 1. The number of nitrogens with zero attached hydrogens (tertiary/aromatic N) is 1. The van der Waals surface area contributed by atoms with Crippen molar-refractivity contribution in [1.82, 2.24) is 5.32 Å². The van der Waals surface area contributed by atoms with Crippen LogP contribution in [0.15, 0.2) is 24.3 Å². The molecule has 1 heterocycles. The zero-order valence-corrected chi connectivity index (χ0v) is 14.4. The molecule has 1 aromatic carbocycles. The predicted molar refractivity (Wildman–Crippen MR) is 90.6 cm³/mol. The molecule has 0 aromatic heterocycles. The second-order valence-electron chi connectivity index (χ2n) is 6.82. The van der Waals surface area contributed by atoms with Crippen molar-refractivity contribution in [1.29, 1.82) is 0 Å². The summed E-state index contributed by atoms with van der Waals surface area (Å²) in [7, 11) is 0. The van der Waals surface area contributed by atoms with Crippen LogP contribution in [-0.4, -0.2) is 30.5 Å². The van der Waals surface area contributed by atoms with Crippen LogP contribution in [0.4, 0.5) is 5.69 Å². The number of para-hydroxylation sites is 2. The van der Waals surface area contributed by atoms with Crippen LogP contribution in [0, 0.1) is 5.92 Å². The van der Waals surface area contributed by atoms with Gasteiger partial charge in [0.2, 0.25) is 5.91 Å². The molecule has 0 spiro atoms. The molecule has 2 amide bonds. The monoisotopic (exact) mass is 318 g/mol. The van der Waals surface area contributed by atoms with Crippen molar-refractivity contribution in [2.75, 3.05) is 18.0 Å². The van der Waals surface area contributed by atoms with Crippen molar-refractivity contribution in [2.24, 2.45) is 5.92 Å². The molecule has 2 rings (SSSR count). The van der Waals surface area contributed by atoms with Crippen LogP contribution in [0.2, 0.25) is 0 Å². The van der Waals surface area contributed by atoms with Gasteiger partial charge in [0, 0.05) is 19.5 Å². The highest BCUT2D eigenvalue weighted by Gasteiger charge is 2.40. The minimum Gasteiger partial charge on any atom is -0.476 e. The van der Waals surface area contributed by atoms with E-state index in [-0.39, 0.29) is 18.2 Å². The van der Waals surface area contributed by atoms with Crippen molar-refractivity contribution in [3.8, 4) is 5.75 Å². The lowest BCUT2D eigenvalue weighted by Crippen LogP contribution is -2.53. The Kier molecular flexibility index (Phi) is 5.29. The van der Waals surface area contributed by atoms with Crippen LogP contribution >= 0.6 is 0 Å². The SMILES string of the molecule is CC(C)CCNC(=O)CCN1C(=O)C(C)(C)Oc2ccccc21. The molecule has 0 fully saturated rings.